The lowest BCUT2D eigenvalue weighted by atomic mass is 10.0. The van der Waals surface area contributed by atoms with Gasteiger partial charge in [-0.05, 0) is 30.7 Å². The Morgan fingerprint density at radius 3 is 2.76 bits per heavy atom. The van der Waals surface area contributed by atoms with E-state index >= 15 is 0 Å². The number of aromatic nitrogens is 1. The van der Waals surface area contributed by atoms with Gasteiger partial charge in [-0.3, -0.25) is 4.79 Å². The monoisotopic (exact) mass is 288 g/mol. The van der Waals surface area contributed by atoms with Crippen LogP contribution in [0.3, 0.4) is 0 Å². The first-order valence-electron chi connectivity index (χ1n) is 5.02. The molecular weight excluding hydrogens is 280 g/mol. The molecule has 3 nitrogen and oxygen atoms in total. The highest BCUT2D eigenvalue weighted by molar-refractivity contribution is 9.10. The van der Waals surface area contributed by atoms with Crippen LogP contribution in [0.25, 0.3) is 11.1 Å². The van der Waals surface area contributed by atoms with Crippen LogP contribution in [0.4, 0.5) is 0 Å². The number of nitrogens with zero attached hydrogens (tertiary/aromatic N) is 1. The maximum absolute atomic E-state index is 11.7. The first kappa shape index (κ1) is 11.6. The molecule has 1 N–H and O–H groups in total. The average Bonchev–Trinajstić information content (AvgIpc) is 2.28. The zero-order chi connectivity index (χ0) is 12.4. The molecule has 1 heterocycles. The van der Waals surface area contributed by atoms with Crippen molar-refractivity contribution in [2.75, 3.05) is 0 Å². The molecule has 0 atom stereocenters. The number of nitrogens with one attached hydrogen (secondary N) is 1. The molecule has 0 aliphatic rings. The van der Waals surface area contributed by atoms with Gasteiger partial charge >= 0.3 is 0 Å². The van der Waals surface area contributed by atoms with Gasteiger partial charge in [-0.25, -0.2) is 0 Å². The van der Waals surface area contributed by atoms with E-state index in [0.29, 0.717) is 5.56 Å². The van der Waals surface area contributed by atoms with Gasteiger partial charge in [-0.2, -0.15) is 5.26 Å². The summed E-state index contributed by atoms with van der Waals surface area (Å²) >= 11 is 3.37. The van der Waals surface area contributed by atoms with Crippen molar-refractivity contribution in [1.82, 2.24) is 4.98 Å². The summed E-state index contributed by atoms with van der Waals surface area (Å²) in [6.45, 7) is 1.80. The predicted molar refractivity (Wildman–Crippen MR) is 69.7 cm³/mol. The summed E-state index contributed by atoms with van der Waals surface area (Å²) in [6.07, 6.45) is 0. The highest BCUT2D eigenvalue weighted by atomic mass is 79.9. The number of rotatable bonds is 1. The summed E-state index contributed by atoms with van der Waals surface area (Å²) in [4.78, 5) is 14.3. The number of nitriles is 1. The average molecular weight is 289 g/mol. The molecule has 84 valence electrons. The van der Waals surface area contributed by atoms with Crippen LogP contribution in [0.15, 0.2) is 39.6 Å². The van der Waals surface area contributed by atoms with Gasteiger partial charge in [0.05, 0.1) is 0 Å². The van der Waals surface area contributed by atoms with E-state index in [9.17, 15) is 4.79 Å². The maximum atomic E-state index is 11.7. The van der Waals surface area contributed by atoms with E-state index in [1.807, 2.05) is 36.4 Å². The number of aryl methyl sites for hydroxylation is 1. The molecule has 0 fully saturated rings. The van der Waals surface area contributed by atoms with E-state index in [0.717, 1.165) is 15.7 Å². The molecule has 1 aromatic carbocycles. The van der Waals surface area contributed by atoms with Crippen LogP contribution in [-0.4, -0.2) is 4.98 Å². The zero-order valence-electron chi connectivity index (χ0n) is 9.12. The van der Waals surface area contributed by atoms with Crippen LogP contribution in [-0.2, 0) is 0 Å². The highest BCUT2D eigenvalue weighted by Gasteiger charge is 2.09. The van der Waals surface area contributed by atoms with Crippen molar-refractivity contribution >= 4 is 15.9 Å². The van der Waals surface area contributed by atoms with E-state index in [1.165, 1.54) is 0 Å². The van der Waals surface area contributed by atoms with Crippen molar-refractivity contribution in [1.29, 1.82) is 5.26 Å². The molecule has 0 saturated heterocycles. The largest absolute Gasteiger partial charge is 0.325 e. The summed E-state index contributed by atoms with van der Waals surface area (Å²) in [5, 5.41) is 9.04. The third-order valence-electron chi connectivity index (χ3n) is 2.42. The van der Waals surface area contributed by atoms with Crippen LogP contribution >= 0.6 is 15.9 Å². The maximum Gasteiger partial charge on any atom is 0.266 e. The Balaban J connectivity index is 2.76. The zero-order valence-corrected chi connectivity index (χ0v) is 10.7. The Bertz CT molecular complexity index is 668. The van der Waals surface area contributed by atoms with Gasteiger partial charge in [0.1, 0.15) is 11.6 Å². The Kier molecular flexibility index (Phi) is 3.12. The van der Waals surface area contributed by atoms with Crippen molar-refractivity contribution in [3.05, 3.63) is 56.4 Å². The van der Waals surface area contributed by atoms with Crippen LogP contribution < -0.4 is 5.56 Å². The van der Waals surface area contributed by atoms with Gasteiger partial charge in [0.25, 0.3) is 5.56 Å². The van der Waals surface area contributed by atoms with E-state index in [-0.39, 0.29) is 11.1 Å². The molecule has 0 amide bonds. The third-order valence-corrected chi connectivity index (χ3v) is 2.91. The molecule has 0 saturated carbocycles. The lowest BCUT2D eigenvalue weighted by Gasteiger charge is -2.05. The molecule has 0 unspecified atom stereocenters. The van der Waals surface area contributed by atoms with Crippen molar-refractivity contribution < 1.29 is 0 Å². The molecule has 1 aromatic heterocycles. The molecule has 4 heteroatoms. The standard InChI is InChI=1S/C13H9BrN2O/c1-8-5-11(12(7-15)13(17)16-8)9-3-2-4-10(14)6-9/h2-6H,1H3,(H,16,17). The van der Waals surface area contributed by atoms with E-state index in [4.69, 9.17) is 5.26 Å². The minimum absolute atomic E-state index is 0.147. The summed E-state index contributed by atoms with van der Waals surface area (Å²) in [5.41, 5.74) is 2.06. The second kappa shape index (κ2) is 4.56. The second-order valence-electron chi connectivity index (χ2n) is 3.69. The summed E-state index contributed by atoms with van der Waals surface area (Å²) in [6, 6.07) is 11.3. The summed E-state index contributed by atoms with van der Waals surface area (Å²) in [5.74, 6) is 0. The molecule has 17 heavy (non-hydrogen) atoms. The fraction of sp³-hybridized carbons (Fsp3) is 0.0769. The molecular formula is C13H9BrN2O. The molecule has 0 spiro atoms. The minimum atomic E-state index is -0.345. The SMILES string of the molecule is Cc1cc(-c2cccc(Br)c2)c(C#N)c(=O)[nH]1. The van der Waals surface area contributed by atoms with Crippen LogP contribution in [0.5, 0.6) is 0 Å². The molecule has 0 aliphatic carbocycles. The van der Waals surface area contributed by atoms with Gasteiger partial charge in [0, 0.05) is 15.7 Å². The van der Waals surface area contributed by atoms with Gasteiger partial charge in [-0.15, -0.1) is 0 Å². The predicted octanol–water partition coefficient (Wildman–Crippen LogP) is 2.98. The van der Waals surface area contributed by atoms with Gasteiger partial charge in [-0.1, -0.05) is 28.1 Å². The number of H-pyrrole nitrogens is 1. The van der Waals surface area contributed by atoms with Crippen molar-refractivity contribution in [2.24, 2.45) is 0 Å². The molecule has 0 aliphatic heterocycles. The number of aromatic amines is 1. The van der Waals surface area contributed by atoms with Gasteiger partial charge < -0.3 is 4.98 Å². The second-order valence-corrected chi connectivity index (χ2v) is 4.61. The highest BCUT2D eigenvalue weighted by Crippen LogP contribution is 2.24. The fourth-order valence-corrected chi connectivity index (χ4v) is 2.08. The van der Waals surface area contributed by atoms with Crippen LogP contribution in [0, 0.1) is 18.3 Å². The van der Waals surface area contributed by atoms with Gasteiger partial charge in [0.2, 0.25) is 0 Å². The number of halogens is 1. The number of benzene rings is 1. The summed E-state index contributed by atoms with van der Waals surface area (Å²) < 4.78 is 0.914. The number of hydrogen-bond acceptors (Lipinski definition) is 2. The topological polar surface area (TPSA) is 56.6 Å². The number of pyridine rings is 1. The molecule has 2 aromatic rings. The van der Waals surface area contributed by atoms with Gasteiger partial charge in [0.15, 0.2) is 0 Å². The lowest BCUT2D eigenvalue weighted by molar-refractivity contribution is 1.13. The Labute approximate surface area is 107 Å². The normalized spacial score (nSPS) is 9.94. The minimum Gasteiger partial charge on any atom is -0.325 e. The molecule has 0 radical (unpaired) electrons. The fourth-order valence-electron chi connectivity index (χ4n) is 1.68. The Hall–Kier alpha value is -1.86. The quantitative estimate of drug-likeness (QED) is 0.877. The third kappa shape index (κ3) is 2.29. The summed E-state index contributed by atoms with van der Waals surface area (Å²) in [7, 11) is 0. The van der Waals surface area contributed by atoms with Crippen LogP contribution in [0.2, 0.25) is 0 Å². The van der Waals surface area contributed by atoms with Crippen molar-refractivity contribution in [2.45, 2.75) is 6.92 Å². The smallest absolute Gasteiger partial charge is 0.266 e. The lowest BCUT2D eigenvalue weighted by Crippen LogP contribution is -2.12. The first-order valence-corrected chi connectivity index (χ1v) is 5.81. The van der Waals surface area contributed by atoms with Crippen LogP contribution in [0.1, 0.15) is 11.3 Å². The Morgan fingerprint density at radius 2 is 2.12 bits per heavy atom. The Morgan fingerprint density at radius 1 is 1.35 bits per heavy atom. The number of hydrogen-bond donors (Lipinski definition) is 1. The van der Waals surface area contributed by atoms with E-state index in [2.05, 4.69) is 20.9 Å². The van der Waals surface area contributed by atoms with Crippen molar-refractivity contribution in [3.8, 4) is 17.2 Å². The van der Waals surface area contributed by atoms with Crippen molar-refractivity contribution in [3.63, 3.8) is 0 Å². The first-order chi connectivity index (χ1) is 8.11. The molecule has 0 bridgehead atoms. The van der Waals surface area contributed by atoms with E-state index in [1.54, 1.807) is 6.92 Å². The van der Waals surface area contributed by atoms with E-state index < -0.39 is 0 Å². The molecule has 2 rings (SSSR count).